The van der Waals surface area contributed by atoms with E-state index in [0.29, 0.717) is 5.90 Å². The van der Waals surface area contributed by atoms with Gasteiger partial charge in [0.1, 0.15) is 17.2 Å². The Hall–Kier alpha value is -3.60. The fourth-order valence-electron chi connectivity index (χ4n) is 3.67. The van der Waals surface area contributed by atoms with Crippen LogP contribution >= 0.6 is 0 Å². The average Bonchev–Trinajstić information content (AvgIpc) is 3.30. The molecule has 0 amide bonds. The second-order valence-corrected chi connectivity index (χ2v) is 7.16. The highest BCUT2D eigenvalue weighted by Gasteiger charge is 2.24. The van der Waals surface area contributed by atoms with Crippen molar-refractivity contribution >= 4 is 16.9 Å². The molecule has 2 heterocycles. The van der Waals surface area contributed by atoms with E-state index in [1.54, 1.807) is 12.1 Å². The van der Waals surface area contributed by atoms with Crippen molar-refractivity contribution in [3.8, 4) is 22.5 Å². The summed E-state index contributed by atoms with van der Waals surface area (Å²) in [7, 11) is 1.91. The molecule has 0 radical (unpaired) electrons. The third-order valence-electron chi connectivity index (χ3n) is 5.07. The molecule has 0 saturated carbocycles. The number of hydrogen-bond donors (Lipinski definition) is 0. The molecule has 144 valence electrons. The minimum atomic E-state index is -0.260. The number of furan rings is 1. The van der Waals surface area contributed by atoms with Gasteiger partial charge in [-0.15, -0.1) is 5.10 Å². The molecule has 5 rings (SSSR count). The molecule has 0 bridgehead atoms. The van der Waals surface area contributed by atoms with Crippen molar-refractivity contribution in [1.82, 2.24) is 5.01 Å². The van der Waals surface area contributed by atoms with Gasteiger partial charge in [0.15, 0.2) is 0 Å². The first-order valence-corrected chi connectivity index (χ1v) is 9.41. The zero-order chi connectivity index (χ0) is 20.0. The molecule has 4 nitrogen and oxygen atoms in total. The van der Waals surface area contributed by atoms with E-state index < -0.39 is 0 Å². The summed E-state index contributed by atoms with van der Waals surface area (Å²) in [6, 6.07) is 22.7. The molecule has 1 aliphatic rings. The van der Waals surface area contributed by atoms with Gasteiger partial charge in [-0.2, -0.15) is 0 Å². The average molecular weight is 386 g/mol. The fraction of sp³-hybridized carbons (Fsp3) is 0.125. The number of ether oxygens (including phenoxy) is 1. The van der Waals surface area contributed by atoms with E-state index in [2.05, 4.69) is 23.3 Å². The van der Waals surface area contributed by atoms with Crippen molar-refractivity contribution in [2.24, 2.45) is 5.10 Å². The van der Waals surface area contributed by atoms with Crippen LogP contribution in [0.2, 0.25) is 0 Å². The topological polar surface area (TPSA) is 38.0 Å². The second-order valence-electron chi connectivity index (χ2n) is 7.16. The van der Waals surface area contributed by atoms with E-state index in [1.165, 1.54) is 12.1 Å². The molecule has 0 fully saturated rings. The smallest absolute Gasteiger partial charge is 0.214 e. The summed E-state index contributed by atoms with van der Waals surface area (Å²) in [5.74, 6) is 1.13. The standard InChI is InChI=1S/C24H19FN2O2/c1-15-26-27(2)24(28-15)19-5-3-4-17(12-19)18-8-11-22-20(13-18)14-23(29-22)16-6-9-21(25)10-7-16/h3-14,24H,1-2H3. The van der Waals surface area contributed by atoms with Gasteiger partial charge in [-0.25, -0.2) is 4.39 Å². The van der Waals surface area contributed by atoms with Gasteiger partial charge < -0.3 is 9.15 Å². The maximum atomic E-state index is 13.2. The molecule has 0 aliphatic carbocycles. The van der Waals surface area contributed by atoms with Crippen molar-refractivity contribution in [2.45, 2.75) is 13.2 Å². The molecular formula is C24H19FN2O2. The highest BCUT2D eigenvalue weighted by molar-refractivity contribution is 5.87. The van der Waals surface area contributed by atoms with E-state index >= 15 is 0 Å². The monoisotopic (exact) mass is 386 g/mol. The zero-order valence-corrected chi connectivity index (χ0v) is 16.1. The maximum Gasteiger partial charge on any atom is 0.214 e. The predicted octanol–water partition coefficient (Wildman–Crippen LogP) is 6.20. The Morgan fingerprint density at radius 1 is 0.897 bits per heavy atom. The summed E-state index contributed by atoms with van der Waals surface area (Å²) >= 11 is 0. The van der Waals surface area contributed by atoms with Crippen LogP contribution in [0, 0.1) is 5.82 Å². The highest BCUT2D eigenvalue weighted by Crippen LogP contribution is 2.33. The molecule has 1 aliphatic heterocycles. The largest absolute Gasteiger partial charge is 0.456 e. The highest BCUT2D eigenvalue weighted by atomic mass is 19.1. The molecule has 0 spiro atoms. The van der Waals surface area contributed by atoms with E-state index in [1.807, 2.05) is 49.3 Å². The lowest BCUT2D eigenvalue weighted by molar-refractivity contribution is 0.0771. The summed E-state index contributed by atoms with van der Waals surface area (Å²) in [6.45, 7) is 1.85. The van der Waals surface area contributed by atoms with Gasteiger partial charge in [-0.3, -0.25) is 5.01 Å². The molecule has 0 N–H and O–H groups in total. The molecule has 3 aromatic carbocycles. The summed E-state index contributed by atoms with van der Waals surface area (Å²) < 4.78 is 25.0. The van der Waals surface area contributed by atoms with Gasteiger partial charge in [-0.1, -0.05) is 24.3 Å². The van der Waals surface area contributed by atoms with Crippen molar-refractivity contribution in [3.05, 3.63) is 84.2 Å². The number of hydrazone groups is 1. The Morgan fingerprint density at radius 2 is 1.66 bits per heavy atom. The molecule has 5 heteroatoms. The van der Waals surface area contributed by atoms with Crippen LogP contribution in [0.25, 0.3) is 33.4 Å². The van der Waals surface area contributed by atoms with Gasteiger partial charge >= 0.3 is 0 Å². The number of nitrogens with zero attached hydrogens (tertiary/aromatic N) is 2. The summed E-state index contributed by atoms with van der Waals surface area (Å²) in [5, 5.41) is 7.14. The quantitative estimate of drug-likeness (QED) is 0.421. The first-order valence-electron chi connectivity index (χ1n) is 9.41. The molecule has 1 aromatic heterocycles. The lowest BCUT2D eigenvalue weighted by Crippen LogP contribution is -2.15. The van der Waals surface area contributed by atoms with E-state index in [0.717, 1.165) is 39.0 Å². The Kier molecular flexibility index (Phi) is 4.09. The van der Waals surface area contributed by atoms with Crippen molar-refractivity contribution in [3.63, 3.8) is 0 Å². The SMILES string of the molecule is CC1=NN(C)C(c2cccc(-c3ccc4oc(-c5ccc(F)cc5)cc4c3)c2)O1. The van der Waals surface area contributed by atoms with Gasteiger partial charge in [0.2, 0.25) is 12.1 Å². The summed E-state index contributed by atoms with van der Waals surface area (Å²) in [6.07, 6.45) is -0.210. The Labute approximate surface area is 167 Å². The molecular weight excluding hydrogens is 367 g/mol. The zero-order valence-electron chi connectivity index (χ0n) is 16.1. The van der Waals surface area contributed by atoms with Gasteiger partial charge in [0.25, 0.3) is 0 Å². The third-order valence-corrected chi connectivity index (χ3v) is 5.07. The minimum Gasteiger partial charge on any atom is -0.456 e. The molecule has 0 saturated heterocycles. The molecule has 1 unspecified atom stereocenters. The third kappa shape index (κ3) is 3.25. The first kappa shape index (κ1) is 17.5. The van der Waals surface area contributed by atoms with Crippen LogP contribution in [0.4, 0.5) is 4.39 Å². The van der Waals surface area contributed by atoms with Crippen LogP contribution in [0.3, 0.4) is 0 Å². The molecule has 4 aromatic rings. The van der Waals surface area contributed by atoms with Crippen LogP contribution in [0.5, 0.6) is 0 Å². The summed E-state index contributed by atoms with van der Waals surface area (Å²) in [5.41, 5.74) is 4.87. The van der Waals surface area contributed by atoms with Crippen molar-refractivity contribution in [1.29, 1.82) is 0 Å². The van der Waals surface area contributed by atoms with Gasteiger partial charge in [0, 0.05) is 30.5 Å². The summed E-state index contributed by atoms with van der Waals surface area (Å²) in [4.78, 5) is 0. The second kappa shape index (κ2) is 6.78. The molecule has 1 atom stereocenters. The lowest BCUT2D eigenvalue weighted by Gasteiger charge is -2.18. The normalized spacial score (nSPS) is 16.2. The Balaban J connectivity index is 1.49. The number of fused-ring (bicyclic) bond motifs is 1. The van der Waals surface area contributed by atoms with E-state index in [-0.39, 0.29) is 12.0 Å². The van der Waals surface area contributed by atoms with E-state index in [9.17, 15) is 4.39 Å². The fourth-order valence-corrected chi connectivity index (χ4v) is 3.67. The Bertz CT molecular complexity index is 1230. The van der Waals surface area contributed by atoms with Crippen LogP contribution in [-0.2, 0) is 4.74 Å². The van der Waals surface area contributed by atoms with Crippen LogP contribution < -0.4 is 0 Å². The number of rotatable bonds is 3. The van der Waals surface area contributed by atoms with E-state index in [4.69, 9.17) is 9.15 Å². The van der Waals surface area contributed by atoms with Crippen molar-refractivity contribution in [2.75, 3.05) is 7.05 Å². The van der Waals surface area contributed by atoms with Crippen LogP contribution in [-0.4, -0.2) is 18.0 Å². The van der Waals surface area contributed by atoms with Gasteiger partial charge in [0.05, 0.1) is 0 Å². The number of hydrogen-bond acceptors (Lipinski definition) is 4. The lowest BCUT2D eigenvalue weighted by atomic mass is 10.0. The minimum absolute atomic E-state index is 0.210. The van der Waals surface area contributed by atoms with Crippen LogP contribution in [0.15, 0.2) is 82.3 Å². The maximum absolute atomic E-state index is 13.2. The van der Waals surface area contributed by atoms with Crippen LogP contribution in [0.1, 0.15) is 18.7 Å². The Morgan fingerprint density at radius 3 is 2.41 bits per heavy atom. The van der Waals surface area contributed by atoms with Crippen molar-refractivity contribution < 1.29 is 13.5 Å². The number of benzene rings is 3. The first-order chi connectivity index (χ1) is 14.1. The van der Waals surface area contributed by atoms with Gasteiger partial charge in [-0.05, 0) is 59.7 Å². The molecule has 29 heavy (non-hydrogen) atoms. The number of halogens is 1. The predicted molar refractivity (Wildman–Crippen MR) is 112 cm³/mol.